The first kappa shape index (κ1) is 11.4. The van der Waals surface area contributed by atoms with Crippen LogP contribution in [0.1, 0.15) is 46.5 Å². The zero-order valence-electron chi connectivity index (χ0n) is 10.5. The minimum absolute atomic E-state index is 0.673. The van der Waals surface area contributed by atoms with Gasteiger partial charge in [-0.05, 0) is 32.6 Å². The molecule has 0 spiro atoms. The molecule has 2 aliphatic rings. The standard InChI is InChI=1S/C13H26N2/c1-4-12-6-5-7-13(12)15-8-10(2)14-11(3)9-15/h10-14H,4-9H2,1-3H3. The van der Waals surface area contributed by atoms with E-state index in [1.165, 1.54) is 38.8 Å². The molecule has 1 aliphatic carbocycles. The van der Waals surface area contributed by atoms with E-state index >= 15 is 0 Å². The predicted octanol–water partition coefficient (Wildman–Crippen LogP) is 2.25. The summed E-state index contributed by atoms with van der Waals surface area (Å²) in [5, 5.41) is 3.62. The fourth-order valence-electron chi connectivity index (χ4n) is 3.61. The lowest BCUT2D eigenvalue weighted by Crippen LogP contribution is -2.57. The van der Waals surface area contributed by atoms with Crippen molar-refractivity contribution in [2.75, 3.05) is 13.1 Å². The van der Waals surface area contributed by atoms with Gasteiger partial charge in [-0.1, -0.05) is 19.8 Å². The molecule has 2 rings (SSSR count). The molecule has 2 fully saturated rings. The molecule has 0 radical (unpaired) electrons. The summed E-state index contributed by atoms with van der Waals surface area (Å²) in [5.74, 6) is 0.975. The number of rotatable bonds is 2. The number of hydrogen-bond acceptors (Lipinski definition) is 2. The molecular formula is C13H26N2. The summed E-state index contributed by atoms with van der Waals surface area (Å²) in [6.07, 6.45) is 5.74. The van der Waals surface area contributed by atoms with Gasteiger partial charge < -0.3 is 5.32 Å². The molecular weight excluding hydrogens is 184 g/mol. The molecule has 2 heteroatoms. The Morgan fingerprint density at radius 1 is 1.13 bits per heavy atom. The highest BCUT2D eigenvalue weighted by atomic mass is 15.2. The lowest BCUT2D eigenvalue weighted by atomic mass is 9.97. The van der Waals surface area contributed by atoms with Crippen molar-refractivity contribution in [1.82, 2.24) is 10.2 Å². The van der Waals surface area contributed by atoms with Crippen LogP contribution in [0, 0.1) is 5.92 Å². The Kier molecular flexibility index (Phi) is 3.68. The van der Waals surface area contributed by atoms with Gasteiger partial charge >= 0.3 is 0 Å². The van der Waals surface area contributed by atoms with Crippen molar-refractivity contribution < 1.29 is 0 Å². The number of nitrogens with one attached hydrogen (secondary N) is 1. The molecule has 0 amide bonds. The third-order valence-corrected chi connectivity index (χ3v) is 4.20. The third kappa shape index (κ3) is 2.54. The molecule has 0 bridgehead atoms. The first-order valence-electron chi connectivity index (χ1n) is 6.70. The van der Waals surface area contributed by atoms with Gasteiger partial charge in [-0.3, -0.25) is 4.90 Å². The van der Waals surface area contributed by atoms with E-state index in [0.717, 1.165) is 12.0 Å². The van der Waals surface area contributed by atoms with E-state index in [2.05, 4.69) is 31.0 Å². The Labute approximate surface area is 94.4 Å². The Hall–Kier alpha value is -0.0800. The number of hydrogen-bond donors (Lipinski definition) is 1. The molecule has 4 unspecified atom stereocenters. The maximum Gasteiger partial charge on any atom is 0.0169 e. The molecule has 0 aromatic rings. The van der Waals surface area contributed by atoms with Crippen LogP contribution < -0.4 is 5.32 Å². The normalized spacial score (nSPS) is 43.4. The van der Waals surface area contributed by atoms with Crippen LogP contribution in [0.15, 0.2) is 0 Å². The Morgan fingerprint density at radius 3 is 2.40 bits per heavy atom. The van der Waals surface area contributed by atoms with Gasteiger partial charge in [0.15, 0.2) is 0 Å². The van der Waals surface area contributed by atoms with E-state index < -0.39 is 0 Å². The third-order valence-electron chi connectivity index (χ3n) is 4.20. The van der Waals surface area contributed by atoms with E-state index in [4.69, 9.17) is 0 Å². The largest absolute Gasteiger partial charge is 0.309 e. The maximum atomic E-state index is 3.62. The van der Waals surface area contributed by atoms with Gasteiger partial charge in [0, 0.05) is 31.2 Å². The topological polar surface area (TPSA) is 15.3 Å². The monoisotopic (exact) mass is 210 g/mol. The fourth-order valence-corrected chi connectivity index (χ4v) is 3.61. The van der Waals surface area contributed by atoms with Gasteiger partial charge in [0.25, 0.3) is 0 Å². The summed E-state index contributed by atoms with van der Waals surface area (Å²) in [6, 6.07) is 2.24. The molecule has 4 atom stereocenters. The highest BCUT2D eigenvalue weighted by Gasteiger charge is 2.34. The first-order chi connectivity index (χ1) is 7.20. The van der Waals surface area contributed by atoms with Crippen molar-refractivity contribution in [1.29, 1.82) is 0 Å². The minimum Gasteiger partial charge on any atom is -0.309 e. The second kappa shape index (κ2) is 4.84. The molecule has 1 aliphatic heterocycles. The van der Waals surface area contributed by atoms with Crippen LogP contribution in [0.3, 0.4) is 0 Å². The van der Waals surface area contributed by atoms with Crippen LogP contribution in [0.5, 0.6) is 0 Å². The van der Waals surface area contributed by atoms with Gasteiger partial charge in [-0.25, -0.2) is 0 Å². The molecule has 88 valence electrons. The smallest absolute Gasteiger partial charge is 0.0169 e. The Bertz CT molecular complexity index is 195. The Balaban J connectivity index is 1.96. The molecule has 0 aromatic heterocycles. The summed E-state index contributed by atoms with van der Waals surface area (Å²) in [7, 11) is 0. The summed E-state index contributed by atoms with van der Waals surface area (Å²) < 4.78 is 0. The molecule has 0 aromatic carbocycles. The summed E-state index contributed by atoms with van der Waals surface area (Å²) >= 11 is 0. The lowest BCUT2D eigenvalue weighted by molar-refractivity contribution is 0.0986. The van der Waals surface area contributed by atoms with Crippen molar-refractivity contribution in [3.63, 3.8) is 0 Å². The van der Waals surface area contributed by atoms with Gasteiger partial charge in [0.1, 0.15) is 0 Å². The van der Waals surface area contributed by atoms with Crippen molar-refractivity contribution in [3.05, 3.63) is 0 Å². The van der Waals surface area contributed by atoms with E-state index in [0.29, 0.717) is 12.1 Å². The average Bonchev–Trinajstić information content (AvgIpc) is 2.63. The quantitative estimate of drug-likeness (QED) is 0.752. The van der Waals surface area contributed by atoms with E-state index in [1.54, 1.807) is 0 Å². The van der Waals surface area contributed by atoms with Crippen molar-refractivity contribution in [3.8, 4) is 0 Å². The summed E-state index contributed by atoms with van der Waals surface area (Å²) in [5.41, 5.74) is 0. The second-order valence-electron chi connectivity index (χ2n) is 5.59. The van der Waals surface area contributed by atoms with Crippen LogP contribution in [0.25, 0.3) is 0 Å². The molecule has 1 N–H and O–H groups in total. The van der Waals surface area contributed by atoms with E-state index in [9.17, 15) is 0 Å². The summed E-state index contributed by atoms with van der Waals surface area (Å²) in [4.78, 5) is 2.76. The zero-order valence-corrected chi connectivity index (χ0v) is 10.5. The van der Waals surface area contributed by atoms with Crippen LogP contribution in [-0.4, -0.2) is 36.1 Å². The Morgan fingerprint density at radius 2 is 1.80 bits per heavy atom. The van der Waals surface area contributed by atoms with Gasteiger partial charge in [-0.15, -0.1) is 0 Å². The minimum atomic E-state index is 0.673. The molecule has 2 nitrogen and oxygen atoms in total. The molecule has 1 saturated heterocycles. The van der Waals surface area contributed by atoms with Gasteiger partial charge in [0.2, 0.25) is 0 Å². The van der Waals surface area contributed by atoms with E-state index in [1.807, 2.05) is 0 Å². The average molecular weight is 210 g/mol. The molecule has 1 heterocycles. The fraction of sp³-hybridized carbons (Fsp3) is 1.00. The van der Waals surface area contributed by atoms with Crippen LogP contribution in [-0.2, 0) is 0 Å². The predicted molar refractivity (Wildman–Crippen MR) is 65.1 cm³/mol. The first-order valence-corrected chi connectivity index (χ1v) is 6.70. The second-order valence-corrected chi connectivity index (χ2v) is 5.59. The number of nitrogens with zero attached hydrogens (tertiary/aromatic N) is 1. The highest BCUT2D eigenvalue weighted by Crippen LogP contribution is 2.32. The zero-order chi connectivity index (χ0) is 10.8. The van der Waals surface area contributed by atoms with E-state index in [-0.39, 0.29) is 0 Å². The van der Waals surface area contributed by atoms with Crippen LogP contribution >= 0.6 is 0 Å². The molecule has 15 heavy (non-hydrogen) atoms. The van der Waals surface area contributed by atoms with Crippen molar-refractivity contribution in [2.45, 2.75) is 64.6 Å². The van der Waals surface area contributed by atoms with Crippen molar-refractivity contribution >= 4 is 0 Å². The summed E-state index contributed by atoms with van der Waals surface area (Å²) in [6.45, 7) is 9.51. The highest BCUT2D eigenvalue weighted by molar-refractivity contribution is 4.90. The molecule has 1 saturated carbocycles. The van der Waals surface area contributed by atoms with Crippen LogP contribution in [0.4, 0.5) is 0 Å². The lowest BCUT2D eigenvalue weighted by Gasteiger charge is -2.41. The van der Waals surface area contributed by atoms with Gasteiger partial charge in [0.05, 0.1) is 0 Å². The van der Waals surface area contributed by atoms with Crippen molar-refractivity contribution in [2.24, 2.45) is 5.92 Å². The number of piperazine rings is 1. The maximum absolute atomic E-state index is 3.62. The SMILES string of the molecule is CCC1CCCC1N1CC(C)NC(C)C1. The van der Waals surface area contributed by atoms with Gasteiger partial charge in [-0.2, -0.15) is 0 Å². The van der Waals surface area contributed by atoms with Crippen LogP contribution in [0.2, 0.25) is 0 Å².